The van der Waals surface area contributed by atoms with Crippen molar-refractivity contribution in [3.05, 3.63) is 71.3 Å². The molecule has 0 atom stereocenters. The van der Waals surface area contributed by atoms with Gasteiger partial charge in [-0.3, -0.25) is 19.9 Å². The summed E-state index contributed by atoms with van der Waals surface area (Å²) in [5.41, 5.74) is 2.87. The van der Waals surface area contributed by atoms with Crippen molar-refractivity contribution in [3.8, 4) is 10.4 Å². The van der Waals surface area contributed by atoms with Gasteiger partial charge in [-0.2, -0.15) is 0 Å². The van der Waals surface area contributed by atoms with Crippen molar-refractivity contribution >= 4 is 61.3 Å². The molecule has 0 radical (unpaired) electrons. The number of hydrogen-bond donors (Lipinski definition) is 1. The van der Waals surface area contributed by atoms with E-state index in [1.54, 1.807) is 17.4 Å². The van der Waals surface area contributed by atoms with Crippen LogP contribution in [0.25, 0.3) is 37.5 Å². The molecule has 4 nitrogen and oxygen atoms in total. The number of benzene rings is 2. The maximum atomic E-state index is 11.8. The smallest absolute Gasteiger partial charge is 0.282 e. The van der Waals surface area contributed by atoms with Crippen LogP contribution in [0.2, 0.25) is 0 Å². The van der Waals surface area contributed by atoms with Crippen molar-refractivity contribution in [2.75, 3.05) is 0 Å². The van der Waals surface area contributed by atoms with E-state index in [0.717, 1.165) is 33.8 Å². The Hall–Kier alpha value is -2.96. The second-order valence-corrected chi connectivity index (χ2v) is 8.23. The van der Waals surface area contributed by atoms with Crippen LogP contribution in [0.5, 0.6) is 0 Å². The zero-order chi connectivity index (χ0) is 18.4. The van der Waals surface area contributed by atoms with Gasteiger partial charge in [0.2, 0.25) is 0 Å². The summed E-state index contributed by atoms with van der Waals surface area (Å²) < 4.78 is 1.24. The van der Waals surface area contributed by atoms with Crippen molar-refractivity contribution in [2.45, 2.75) is 0 Å². The Morgan fingerprint density at radius 2 is 1.89 bits per heavy atom. The Bertz CT molecular complexity index is 1240. The van der Waals surface area contributed by atoms with Crippen molar-refractivity contribution in [3.63, 3.8) is 0 Å². The van der Waals surface area contributed by atoms with Gasteiger partial charge in [-0.25, -0.2) is 0 Å². The van der Waals surface area contributed by atoms with Gasteiger partial charge in [0.05, 0.1) is 10.4 Å². The Morgan fingerprint density at radius 1 is 1.00 bits per heavy atom. The average Bonchev–Trinajstić information content (AvgIpc) is 3.23. The van der Waals surface area contributed by atoms with Crippen LogP contribution in [-0.2, 0) is 4.79 Å². The van der Waals surface area contributed by atoms with Gasteiger partial charge in [0.25, 0.3) is 11.1 Å². The van der Waals surface area contributed by atoms with E-state index in [1.165, 1.54) is 15.0 Å². The number of carbonyl (C=O) groups is 2. The summed E-state index contributed by atoms with van der Waals surface area (Å²) in [4.78, 5) is 29.2. The number of nitrogens with one attached hydrogen (secondary N) is 1. The van der Waals surface area contributed by atoms with E-state index in [-0.39, 0.29) is 11.1 Å². The van der Waals surface area contributed by atoms with Gasteiger partial charge in [-0.05, 0) is 59.1 Å². The number of thioether (sulfide) groups is 1. The summed E-state index contributed by atoms with van der Waals surface area (Å²) >= 11 is 2.67. The number of fused-ring (bicyclic) bond motifs is 2. The molecule has 1 aliphatic heterocycles. The lowest BCUT2D eigenvalue weighted by Gasteiger charge is -2.05. The maximum Gasteiger partial charge on any atom is 0.290 e. The highest BCUT2D eigenvalue weighted by atomic mass is 32.2. The van der Waals surface area contributed by atoms with Crippen LogP contribution in [0, 0.1) is 0 Å². The Kier molecular flexibility index (Phi) is 3.81. The van der Waals surface area contributed by atoms with Gasteiger partial charge in [0.1, 0.15) is 0 Å². The highest BCUT2D eigenvalue weighted by Crippen LogP contribution is 2.37. The molecular formula is C21H12N2O2S2. The number of thiophene rings is 1. The highest BCUT2D eigenvalue weighted by Gasteiger charge is 2.25. The summed E-state index contributed by atoms with van der Waals surface area (Å²) in [6, 6.07) is 18.4. The van der Waals surface area contributed by atoms with Crippen molar-refractivity contribution in [1.29, 1.82) is 0 Å². The molecule has 130 valence electrons. The molecule has 0 aliphatic carbocycles. The largest absolute Gasteiger partial charge is 0.290 e. The lowest BCUT2D eigenvalue weighted by atomic mass is 10.0. The Balaban J connectivity index is 1.66. The van der Waals surface area contributed by atoms with E-state index in [4.69, 9.17) is 0 Å². The molecule has 5 rings (SSSR count). The molecule has 1 fully saturated rings. The van der Waals surface area contributed by atoms with E-state index in [0.29, 0.717) is 4.91 Å². The number of rotatable bonds is 2. The van der Waals surface area contributed by atoms with Crippen LogP contribution < -0.4 is 5.32 Å². The van der Waals surface area contributed by atoms with Crippen molar-refractivity contribution in [2.24, 2.45) is 0 Å². The molecule has 6 heteroatoms. The SMILES string of the molecule is O=C1NC(=O)/C(=C/c2ccc3nccc(-c4cc5ccccc5s4)c3c2)S1. The maximum absolute atomic E-state index is 11.8. The predicted octanol–water partition coefficient (Wildman–Crippen LogP) is 5.44. The first-order chi connectivity index (χ1) is 13.2. The summed E-state index contributed by atoms with van der Waals surface area (Å²) in [5, 5.41) is 4.19. The standard InChI is InChI=1S/C21H12N2O2S2/c24-20-19(27-21(25)23-20)10-12-5-6-16-15(9-12)14(7-8-22-16)18-11-13-3-1-2-4-17(13)26-18/h1-11H,(H,23,24,25)/b19-10-. The summed E-state index contributed by atoms with van der Waals surface area (Å²) in [6.45, 7) is 0. The predicted molar refractivity (Wildman–Crippen MR) is 112 cm³/mol. The zero-order valence-electron chi connectivity index (χ0n) is 13.9. The molecule has 3 heterocycles. The number of amides is 2. The third-order valence-electron chi connectivity index (χ3n) is 4.40. The molecule has 2 amide bonds. The fourth-order valence-electron chi connectivity index (χ4n) is 3.16. The minimum absolute atomic E-state index is 0.334. The minimum atomic E-state index is -0.346. The number of carbonyl (C=O) groups excluding carboxylic acids is 2. The second-order valence-electron chi connectivity index (χ2n) is 6.14. The summed E-state index contributed by atoms with van der Waals surface area (Å²) in [7, 11) is 0. The van der Waals surface area contributed by atoms with E-state index in [2.05, 4.69) is 28.5 Å². The molecule has 0 spiro atoms. The van der Waals surface area contributed by atoms with Gasteiger partial charge in [0, 0.05) is 26.7 Å². The normalized spacial score (nSPS) is 15.8. The third kappa shape index (κ3) is 2.93. The number of nitrogens with zero attached hydrogens (tertiary/aromatic N) is 1. The first kappa shape index (κ1) is 16.2. The molecule has 1 saturated heterocycles. The first-order valence-corrected chi connectivity index (χ1v) is 9.93. The van der Waals surface area contributed by atoms with Crippen LogP contribution >= 0.6 is 23.1 Å². The van der Waals surface area contributed by atoms with E-state index in [1.807, 2.05) is 42.6 Å². The van der Waals surface area contributed by atoms with Crippen molar-refractivity contribution < 1.29 is 9.59 Å². The molecule has 1 N–H and O–H groups in total. The molecule has 27 heavy (non-hydrogen) atoms. The van der Waals surface area contributed by atoms with Gasteiger partial charge in [-0.15, -0.1) is 11.3 Å². The molecule has 0 unspecified atom stereocenters. The molecule has 2 aromatic carbocycles. The molecular weight excluding hydrogens is 376 g/mol. The quantitative estimate of drug-likeness (QED) is 0.465. The molecule has 4 aromatic rings. The Morgan fingerprint density at radius 3 is 2.70 bits per heavy atom. The summed E-state index contributed by atoms with van der Waals surface area (Å²) in [5.74, 6) is -0.346. The number of aromatic nitrogens is 1. The minimum Gasteiger partial charge on any atom is -0.282 e. The van der Waals surface area contributed by atoms with Gasteiger partial charge in [0.15, 0.2) is 0 Å². The van der Waals surface area contributed by atoms with Crippen LogP contribution in [0.3, 0.4) is 0 Å². The third-order valence-corrected chi connectivity index (χ3v) is 6.36. The molecule has 1 aliphatic rings. The fraction of sp³-hybridized carbons (Fsp3) is 0. The number of hydrogen-bond acceptors (Lipinski definition) is 5. The zero-order valence-corrected chi connectivity index (χ0v) is 15.6. The molecule has 0 saturated carbocycles. The summed E-state index contributed by atoms with van der Waals surface area (Å²) in [6.07, 6.45) is 3.56. The van der Waals surface area contributed by atoms with Crippen molar-refractivity contribution in [1.82, 2.24) is 10.3 Å². The lowest BCUT2D eigenvalue weighted by molar-refractivity contribution is -0.115. The van der Waals surface area contributed by atoms with Crippen LogP contribution in [0.15, 0.2) is 65.7 Å². The second kappa shape index (κ2) is 6.33. The van der Waals surface area contributed by atoms with Crippen LogP contribution in [0.1, 0.15) is 5.56 Å². The monoisotopic (exact) mass is 388 g/mol. The van der Waals surface area contributed by atoms with E-state index >= 15 is 0 Å². The topological polar surface area (TPSA) is 59.1 Å². The van der Waals surface area contributed by atoms with Crippen LogP contribution in [-0.4, -0.2) is 16.1 Å². The number of pyridine rings is 1. The number of imide groups is 1. The van der Waals surface area contributed by atoms with Gasteiger partial charge < -0.3 is 0 Å². The van der Waals surface area contributed by atoms with E-state index in [9.17, 15) is 9.59 Å². The molecule has 2 aromatic heterocycles. The fourth-order valence-corrected chi connectivity index (χ4v) is 4.94. The van der Waals surface area contributed by atoms with Gasteiger partial charge in [-0.1, -0.05) is 24.3 Å². The Labute approximate surface area is 162 Å². The average molecular weight is 388 g/mol. The van der Waals surface area contributed by atoms with Gasteiger partial charge >= 0.3 is 0 Å². The lowest BCUT2D eigenvalue weighted by Crippen LogP contribution is -2.17. The highest BCUT2D eigenvalue weighted by molar-refractivity contribution is 8.18. The first-order valence-electron chi connectivity index (χ1n) is 8.30. The van der Waals surface area contributed by atoms with E-state index < -0.39 is 0 Å². The molecule has 0 bridgehead atoms. The van der Waals surface area contributed by atoms with Crippen LogP contribution in [0.4, 0.5) is 4.79 Å².